The van der Waals surface area contributed by atoms with Crippen LogP contribution in [0.5, 0.6) is 0 Å². The lowest BCUT2D eigenvalue weighted by Crippen LogP contribution is -2.45. The van der Waals surface area contributed by atoms with E-state index in [9.17, 15) is 27.6 Å². The van der Waals surface area contributed by atoms with Gasteiger partial charge in [0.2, 0.25) is 0 Å². The lowest BCUT2D eigenvalue weighted by molar-refractivity contribution is -0.150. The summed E-state index contributed by atoms with van der Waals surface area (Å²) in [5.41, 5.74) is -1.01. The van der Waals surface area contributed by atoms with Crippen molar-refractivity contribution in [1.29, 1.82) is 0 Å². The second kappa shape index (κ2) is 9.26. The van der Waals surface area contributed by atoms with Crippen LogP contribution in [0.2, 0.25) is 0 Å². The molecule has 7 nitrogen and oxygen atoms in total. The van der Waals surface area contributed by atoms with Crippen LogP contribution in [-0.2, 0) is 20.5 Å². The number of hydrogen-bond donors (Lipinski definition) is 2. The van der Waals surface area contributed by atoms with E-state index >= 15 is 0 Å². The molecule has 0 radical (unpaired) electrons. The minimum Gasteiger partial charge on any atom is -0.459 e. The molecule has 0 aliphatic heterocycles. The molecule has 0 aliphatic rings. The lowest BCUT2D eigenvalue weighted by Gasteiger charge is -2.20. The normalized spacial score (nSPS) is 12.3. The molecular formula is C19H19F3N2O5. The SMILES string of the molecule is CC(C)[C@H](NC(=O)c1ccco1)C(=O)OCC(=O)Nc1cccc(C(F)(F)F)c1. The summed E-state index contributed by atoms with van der Waals surface area (Å²) in [6, 6.07) is 5.92. The monoisotopic (exact) mass is 412 g/mol. The maximum absolute atomic E-state index is 12.7. The van der Waals surface area contributed by atoms with Gasteiger partial charge in [0.25, 0.3) is 11.8 Å². The predicted octanol–water partition coefficient (Wildman–Crippen LogP) is 3.23. The summed E-state index contributed by atoms with van der Waals surface area (Å²) in [5.74, 6) is -2.66. The second-order valence-corrected chi connectivity index (χ2v) is 6.41. The molecule has 2 aromatic rings. The van der Waals surface area contributed by atoms with Gasteiger partial charge in [-0.25, -0.2) is 4.79 Å². The average Bonchev–Trinajstić information content (AvgIpc) is 3.18. The smallest absolute Gasteiger partial charge is 0.416 e. The van der Waals surface area contributed by atoms with Crippen LogP contribution in [0.25, 0.3) is 0 Å². The number of halogens is 3. The Morgan fingerprint density at radius 1 is 1.14 bits per heavy atom. The fourth-order valence-corrected chi connectivity index (χ4v) is 2.31. The second-order valence-electron chi connectivity index (χ2n) is 6.41. The van der Waals surface area contributed by atoms with Gasteiger partial charge >= 0.3 is 12.1 Å². The van der Waals surface area contributed by atoms with Crippen molar-refractivity contribution in [2.75, 3.05) is 11.9 Å². The molecule has 1 atom stereocenters. The van der Waals surface area contributed by atoms with Crippen molar-refractivity contribution < 1.29 is 36.7 Å². The number of ether oxygens (including phenoxy) is 1. The highest BCUT2D eigenvalue weighted by molar-refractivity contribution is 5.96. The van der Waals surface area contributed by atoms with Gasteiger partial charge in [0.1, 0.15) is 6.04 Å². The molecule has 10 heteroatoms. The molecule has 0 bridgehead atoms. The number of hydrogen-bond acceptors (Lipinski definition) is 5. The van der Waals surface area contributed by atoms with E-state index in [-0.39, 0.29) is 17.4 Å². The molecule has 1 aromatic heterocycles. The third-order valence-electron chi connectivity index (χ3n) is 3.77. The van der Waals surface area contributed by atoms with Crippen LogP contribution >= 0.6 is 0 Å². The fourth-order valence-electron chi connectivity index (χ4n) is 2.31. The molecular weight excluding hydrogens is 393 g/mol. The Hall–Kier alpha value is -3.30. The summed E-state index contributed by atoms with van der Waals surface area (Å²) in [4.78, 5) is 36.2. The molecule has 0 fully saturated rings. The fraction of sp³-hybridized carbons (Fsp3) is 0.316. The van der Waals surface area contributed by atoms with E-state index in [1.165, 1.54) is 24.5 Å². The molecule has 0 saturated carbocycles. The zero-order valence-electron chi connectivity index (χ0n) is 15.6. The van der Waals surface area contributed by atoms with Crippen molar-refractivity contribution in [3.63, 3.8) is 0 Å². The Balaban J connectivity index is 1.92. The summed E-state index contributed by atoms with van der Waals surface area (Å²) in [5, 5.41) is 4.67. The van der Waals surface area contributed by atoms with Gasteiger partial charge in [-0.2, -0.15) is 13.2 Å². The largest absolute Gasteiger partial charge is 0.459 e. The van der Waals surface area contributed by atoms with Crippen LogP contribution in [0.1, 0.15) is 30.0 Å². The number of carbonyl (C=O) groups excluding carboxylic acids is 3. The van der Waals surface area contributed by atoms with Crippen LogP contribution in [0, 0.1) is 5.92 Å². The number of amides is 2. The van der Waals surface area contributed by atoms with Crippen molar-refractivity contribution >= 4 is 23.5 Å². The van der Waals surface area contributed by atoms with Gasteiger partial charge in [-0.15, -0.1) is 0 Å². The van der Waals surface area contributed by atoms with Gasteiger partial charge in [0.05, 0.1) is 11.8 Å². The summed E-state index contributed by atoms with van der Waals surface area (Å²) in [6.07, 6.45) is -3.25. The number of furan rings is 1. The van der Waals surface area contributed by atoms with Gasteiger partial charge in [0.15, 0.2) is 12.4 Å². The highest BCUT2D eigenvalue weighted by atomic mass is 19.4. The minimum atomic E-state index is -4.55. The van der Waals surface area contributed by atoms with Gasteiger partial charge in [-0.05, 0) is 36.2 Å². The predicted molar refractivity (Wildman–Crippen MR) is 95.8 cm³/mol. The van der Waals surface area contributed by atoms with E-state index in [2.05, 4.69) is 10.6 Å². The molecule has 0 unspecified atom stereocenters. The van der Waals surface area contributed by atoms with Gasteiger partial charge in [0, 0.05) is 5.69 Å². The summed E-state index contributed by atoms with van der Waals surface area (Å²) in [6.45, 7) is 2.60. The third kappa shape index (κ3) is 6.37. The Morgan fingerprint density at radius 2 is 1.86 bits per heavy atom. The van der Waals surface area contributed by atoms with Gasteiger partial charge in [-0.1, -0.05) is 19.9 Å². The van der Waals surface area contributed by atoms with Crippen LogP contribution in [-0.4, -0.2) is 30.4 Å². The highest BCUT2D eigenvalue weighted by Crippen LogP contribution is 2.30. The number of anilines is 1. The molecule has 2 N–H and O–H groups in total. The van der Waals surface area contributed by atoms with E-state index in [0.717, 1.165) is 18.2 Å². The van der Waals surface area contributed by atoms with Crippen LogP contribution in [0.4, 0.5) is 18.9 Å². The third-order valence-corrected chi connectivity index (χ3v) is 3.77. The maximum Gasteiger partial charge on any atom is 0.416 e. The molecule has 1 heterocycles. The molecule has 2 rings (SSSR count). The first-order valence-electron chi connectivity index (χ1n) is 8.56. The lowest BCUT2D eigenvalue weighted by atomic mass is 10.0. The van der Waals surface area contributed by atoms with E-state index in [0.29, 0.717) is 0 Å². The molecule has 29 heavy (non-hydrogen) atoms. The number of benzene rings is 1. The van der Waals surface area contributed by atoms with E-state index < -0.39 is 42.2 Å². The number of carbonyl (C=O) groups is 3. The topological polar surface area (TPSA) is 97.6 Å². The number of esters is 1. The summed E-state index contributed by atoms with van der Waals surface area (Å²) < 4.78 is 48.0. The molecule has 1 aromatic carbocycles. The quantitative estimate of drug-likeness (QED) is 0.681. The van der Waals surface area contributed by atoms with Gasteiger partial charge in [-0.3, -0.25) is 9.59 Å². The summed E-state index contributed by atoms with van der Waals surface area (Å²) in [7, 11) is 0. The van der Waals surface area contributed by atoms with Crippen LogP contribution in [0.3, 0.4) is 0 Å². The first-order chi connectivity index (χ1) is 13.6. The maximum atomic E-state index is 12.7. The molecule has 0 spiro atoms. The molecule has 2 amide bonds. The van der Waals surface area contributed by atoms with Crippen LogP contribution in [0.15, 0.2) is 47.1 Å². The molecule has 156 valence electrons. The zero-order chi connectivity index (χ0) is 21.6. The standard InChI is InChI=1S/C19H19F3N2O5/c1-11(2)16(24-17(26)14-7-4-8-28-14)18(27)29-10-15(25)23-13-6-3-5-12(9-13)19(20,21)22/h3-9,11,16H,10H2,1-2H3,(H,23,25)(H,24,26)/t16-/m0/s1. The van der Waals surface area contributed by atoms with E-state index in [4.69, 9.17) is 9.15 Å². The Labute approximate surface area is 164 Å². The Bertz CT molecular complexity index is 863. The van der Waals surface area contributed by atoms with E-state index in [1.807, 2.05) is 0 Å². The van der Waals surface area contributed by atoms with E-state index in [1.54, 1.807) is 13.8 Å². The average molecular weight is 412 g/mol. The highest BCUT2D eigenvalue weighted by Gasteiger charge is 2.31. The number of alkyl halides is 3. The number of rotatable bonds is 7. The van der Waals surface area contributed by atoms with Crippen molar-refractivity contribution in [3.8, 4) is 0 Å². The number of nitrogens with one attached hydrogen (secondary N) is 2. The van der Waals surface area contributed by atoms with Gasteiger partial charge < -0.3 is 19.8 Å². The zero-order valence-corrected chi connectivity index (χ0v) is 15.6. The Kier molecular flexibility index (Phi) is 7.03. The Morgan fingerprint density at radius 3 is 2.45 bits per heavy atom. The first-order valence-corrected chi connectivity index (χ1v) is 8.56. The first kappa shape index (κ1) is 22.0. The van der Waals surface area contributed by atoms with Crippen molar-refractivity contribution in [2.24, 2.45) is 5.92 Å². The van der Waals surface area contributed by atoms with Crippen LogP contribution < -0.4 is 10.6 Å². The van der Waals surface area contributed by atoms with Crippen molar-refractivity contribution in [2.45, 2.75) is 26.1 Å². The summed E-state index contributed by atoms with van der Waals surface area (Å²) >= 11 is 0. The van der Waals surface area contributed by atoms with Crippen molar-refractivity contribution in [3.05, 3.63) is 54.0 Å². The molecule has 0 aliphatic carbocycles. The van der Waals surface area contributed by atoms with Crippen molar-refractivity contribution in [1.82, 2.24) is 5.32 Å². The molecule has 0 saturated heterocycles. The minimum absolute atomic E-state index is 0.00531.